The average Bonchev–Trinajstić information content (AvgIpc) is 2.37. The van der Waals surface area contributed by atoms with Gasteiger partial charge in [0, 0.05) is 12.6 Å². The lowest BCUT2D eigenvalue weighted by Gasteiger charge is -2.35. The third-order valence-corrected chi connectivity index (χ3v) is 3.05. The molecule has 1 aliphatic heterocycles. The minimum absolute atomic E-state index is 0.0903. The highest BCUT2D eigenvalue weighted by atomic mass is 16.5. The molecule has 0 spiro atoms. The van der Waals surface area contributed by atoms with Crippen molar-refractivity contribution in [2.45, 2.75) is 38.3 Å². The second-order valence-corrected chi connectivity index (χ2v) is 5.21. The van der Waals surface area contributed by atoms with Crippen molar-refractivity contribution < 1.29 is 9.53 Å². The molecule has 1 unspecified atom stereocenters. The SMILES string of the molecule is CC1(C)CC(NC(=O)c2cncc(NN)n2)CCO1. The van der Waals surface area contributed by atoms with Gasteiger partial charge in [0.2, 0.25) is 0 Å². The van der Waals surface area contributed by atoms with Gasteiger partial charge in [0.05, 0.1) is 18.0 Å². The van der Waals surface area contributed by atoms with E-state index in [2.05, 4.69) is 20.7 Å². The van der Waals surface area contributed by atoms with Crippen LogP contribution in [0.4, 0.5) is 5.82 Å². The van der Waals surface area contributed by atoms with Crippen LogP contribution in [0, 0.1) is 0 Å². The number of ether oxygens (including phenoxy) is 1. The van der Waals surface area contributed by atoms with Gasteiger partial charge in [-0.15, -0.1) is 0 Å². The molecule has 2 rings (SSSR count). The molecule has 0 aromatic carbocycles. The zero-order valence-corrected chi connectivity index (χ0v) is 11.1. The van der Waals surface area contributed by atoms with Gasteiger partial charge in [-0.3, -0.25) is 9.78 Å². The largest absolute Gasteiger partial charge is 0.375 e. The highest BCUT2D eigenvalue weighted by Gasteiger charge is 2.30. The second-order valence-electron chi connectivity index (χ2n) is 5.21. The highest BCUT2D eigenvalue weighted by molar-refractivity contribution is 5.92. The van der Waals surface area contributed by atoms with Crippen LogP contribution in [0.2, 0.25) is 0 Å². The minimum Gasteiger partial charge on any atom is -0.375 e. The predicted octanol–water partition coefficient (Wildman–Crippen LogP) is 0.450. The van der Waals surface area contributed by atoms with E-state index in [1.807, 2.05) is 13.8 Å². The van der Waals surface area contributed by atoms with Gasteiger partial charge in [-0.1, -0.05) is 0 Å². The van der Waals surface area contributed by atoms with Gasteiger partial charge in [0.15, 0.2) is 5.82 Å². The first-order valence-electron chi connectivity index (χ1n) is 6.24. The van der Waals surface area contributed by atoms with Gasteiger partial charge in [-0.2, -0.15) is 0 Å². The summed E-state index contributed by atoms with van der Waals surface area (Å²) >= 11 is 0. The first-order chi connectivity index (χ1) is 9.00. The number of nitrogens with zero attached hydrogens (tertiary/aromatic N) is 2. The van der Waals surface area contributed by atoms with Crippen LogP contribution in [0.1, 0.15) is 37.2 Å². The molecule has 19 heavy (non-hydrogen) atoms. The molecule has 0 aliphatic carbocycles. The number of nitrogens with one attached hydrogen (secondary N) is 2. The van der Waals surface area contributed by atoms with Gasteiger partial charge < -0.3 is 15.5 Å². The Labute approximate surface area is 111 Å². The number of aromatic nitrogens is 2. The number of nitrogens with two attached hydrogens (primary N) is 1. The van der Waals surface area contributed by atoms with Crippen LogP contribution < -0.4 is 16.6 Å². The van der Waals surface area contributed by atoms with E-state index in [1.165, 1.54) is 12.4 Å². The number of nitrogen functional groups attached to an aromatic ring is 1. The van der Waals surface area contributed by atoms with E-state index < -0.39 is 0 Å². The number of anilines is 1. The van der Waals surface area contributed by atoms with E-state index in [4.69, 9.17) is 10.6 Å². The maximum atomic E-state index is 12.1. The lowest BCUT2D eigenvalue weighted by atomic mass is 9.94. The summed E-state index contributed by atoms with van der Waals surface area (Å²) in [5.41, 5.74) is 2.41. The van der Waals surface area contributed by atoms with Crippen molar-refractivity contribution in [3.8, 4) is 0 Å². The first-order valence-corrected chi connectivity index (χ1v) is 6.24. The second kappa shape index (κ2) is 5.50. The van der Waals surface area contributed by atoms with Crippen LogP contribution in [0.3, 0.4) is 0 Å². The predicted molar refractivity (Wildman–Crippen MR) is 70.4 cm³/mol. The zero-order chi connectivity index (χ0) is 13.9. The van der Waals surface area contributed by atoms with Crippen molar-refractivity contribution >= 4 is 11.7 Å². The molecular weight excluding hydrogens is 246 g/mol. The van der Waals surface area contributed by atoms with Gasteiger partial charge in [-0.25, -0.2) is 10.8 Å². The number of carbonyl (C=O) groups is 1. The number of hydrazine groups is 1. The lowest BCUT2D eigenvalue weighted by Crippen LogP contribution is -2.46. The number of amides is 1. The summed E-state index contributed by atoms with van der Waals surface area (Å²) in [6, 6.07) is 0.0903. The number of hydrogen-bond donors (Lipinski definition) is 3. The minimum atomic E-state index is -0.243. The van der Waals surface area contributed by atoms with E-state index >= 15 is 0 Å². The van der Waals surface area contributed by atoms with Gasteiger partial charge in [-0.05, 0) is 26.7 Å². The van der Waals surface area contributed by atoms with Crippen molar-refractivity contribution in [1.82, 2.24) is 15.3 Å². The Morgan fingerprint density at radius 3 is 3.00 bits per heavy atom. The van der Waals surface area contributed by atoms with Crippen molar-refractivity contribution in [3.05, 3.63) is 18.1 Å². The van der Waals surface area contributed by atoms with Crippen LogP contribution >= 0.6 is 0 Å². The molecule has 0 saturated carbocycles. The summed E-state index contributed by atoms with van der Waals surface area (Å²) in [7, 11) is 0. The summed E-state index contributed by atoms with van der Waals surface area (Å²) in [6.07, 6.45) is 4.45. The summed E-state index contributed by atoms with van der Waals surface area (Å²) in [5, 5.41) is 2.95. The van der Waals surface area contributed by atoms with E-state index in [0.29, 0.717) is 12.4 Å². The molecule has 104 valence electrons. The third-order valence-electron chi connectivity index (χ3n) is 3.05. The molecule has 7 heteroatoms. The quantitative estimate of drug-likeness (QED) is 0.541. The fraction of sp³-hybridized carbons (Fsp3) is 0.583. The Balaban J connectivity index is 2.00. The van der Waals surface area contributed by atoms with Gasteiger partial charge >= 0.3 is 0 Å². The van der Waals surface area contributed by atoms with Crippen LogP contribution in [-0.4, -0.2) is 34.1 Å². The average molecular weight is 265 g/mol. The maximum absolute atomic E-state index is 12.1. The smallest absolute Gasteiger partial charge is 0.271 e. The van der Waals surface area contributed by atoms with E-state index in [9.17, 15) is 4.79 Å². The summed E-state index contributed by atoms with van der Waals surface area (Å²) < 4.78 is 5.61. The van der Waals surface area contributed by atoms with Crippen molar-refractivity contribution in [2.24, 2.45) is 5.84 Å². The molecule has 1 fully saturated rings. The summed E-state index contributed by atoms with van der Waals surface area (Å²) in [4.78, 5) is 20.0. The Morgan fingerprint density at radius 1 is 1.53 bits per heavy atom. The van der Waals surface area contributed by atoms with Crippen LogP contribution in [0.15, 0.2) is 12.4 Å². The first kappa shape index (κ1) is 13.7. The highest BCUT2D eigenvalue weighted by Crippen LogP contribution is 2.24. The van der Waals surface area contributed by atoms with E-state index in [1.54, 1.807) is 0 Å². The monoisotopic (exact) mass is 265 g/mol. The molecule has 7 nitrogen and oxygen atoms in total. The Hall–Kier alpha value is -1.73. The van der Waals surface area contributed by atoms with Gasteiger partial charge in [0.1, 0.15) is 5.69 Å². The topological polar surface area (TPSA) is 102 Å². The molecule has 0 bridgehead atoms. The fourth-order valence-corrected chi connectivity index (χ4v) is 2.16. The normalized spacial score (nSPS) is 21.7. The molecule has 1 aromatic rings. The fourth-order valence-electron chi connectivity index (χ4n) is 2.16. The van der Waals surface area contributed by atoms with Crippen LogP contribution in [0.5, 0.6) is 0 Å². The Morgan fingerprint density at radius 2 is 2.32 bits per heavy atom. The molecule has 4 N–H and O–H groups in total. The zero-order valence-electron chi connectivity index (χ0n) is 11.1. The lowest BCUT2D eigenvalue weighted by molar-refractivity contribution is -0.0615. The molecule has 1 amide bonds. The number of rotatable bonds is 3. The maximum Gasteiger partial charge on any atom is 0.271 e. The Bertz CT molecular complexity index is 463. The van der Waals surface area contributed by atoms with Crippen LogP contribution in [0.25, 0.3) is 0 Å². The van der Waals surface area contributed by atoms with E-state index in [-0.39, 0.29) is 23.2 Å². The standard InChI is InChI=1S/C12H19N5O2/c1-12(2)5-8(3-4-19-12)15-11(18)9-6-14-7-10(16-9)17-13/h6-8H,3-5,13H2,1-2H3,(H,15,18)(H,16,17). The third kappa shape index (κ3) is 3.62. The van der Waals surface area contributed by atoms with E-state index in [0.717, 1.165) is 12.8 Å². The molecule has 1 atom stereocenters. The molecule has 1 saturated heterocycles. The molecule has 1 aromatic heterocycles. The van der Waals surface area contributed by atoms with Gasteiger partial charge in [0.25, 0.3) is 5.91 Å². The molecular formula is C12H19N5O2. The molecule has 2 heterocycles. The summed E-state index contributed by atoms with van der Waals surface area (Å²) in [5.74, 6) is 5.36. The van der Waals surface area contributed by atoms with Crippen LogP contribution in [-0.2, 0) is 4.74 Å². The molecule has 0 radical (unpaired) electrons. The number of carbonyl (C=O) groups excluding carboxylic acids is 1. The van der Waals surface area contributed by atoms with Crippen molar-refractivity contribution in [3.63, 3.8) is 0 Å². The molecule has 1 aliphatic rings. The van der Waals surface area contributed by atoms with Crippen molar-refractivity contribution in [2.75, 3.05) is 12.0 Å². The Kier molecular flexibility index (Phi) is 3.96. The van der Waals surface area contributed by atoms with Crippen molar-refractivity contribution in [1.29, 1.82) is 0 Å². The summed E-state index contributed by atoms with van der Waals surface area (Å²) in [6.45, 7) is 4.68. The number of hydrogen-bond acceptors (Lipinski definition) is 6.